The molecule has 1 aromatic carbocycles. The van der Waals surface area contributed by atoms with E-state index in [9.17, 15) is 4.39 Å². The highest BCUT2D eigenvalue weighted by molar-refractivity contribution is 5.25. The second-order valence-corrected chi connectivity index (χ2v) is 5.15. The van der Waals surface area contributed by atoms with Crippen molar-refractivity contribution in [3.05, 3.63) is 35.6 Å². The van der Waals surface area contributed by atoms with E-state index in [1.165, 1.54) is 31.7 Å². The summed E-state index contributed by atoms with van der Waals surface area (Å²) in [5.41, 5.74) is 6.56. The number of halogens is 1. The molecule has 2 heteroatoms. The average molecular weight is 251 g/mol. The molecule has 18 heavy (non-hydrogen) atoms. The summed E-state index contributed by atoms with van der Waals surface area (Å²) in [6, 6.07) is 6.91. The molecular formula is C16H26FN. The highest BCUT2D eigenvalue weighted by Gasteiger charge is 2.27. The Hall–Kier alpha value is -0.890. The number of nitrogens with two attached hydrogens (primary N) is 1. The van der Waals surface area contributed by atoms with Crippen molar-refractivity contribution in [2.24, 2.45) is 5.73 Å². The molecule has 1 rings (SSSR count). The molecule has 0 aromatic heterocycles. The molecule has 1 aromatic rings. The second kappa shape index (κ2) is 7.52. The zero-order valence-electron chi connectivity index (χ0n) is 11.7. The summed E-state index contributed by atoms with van der Waals surface area (Å²) < 4.78 is 13.8. The van der Waals surface area contributed by atoms with E-state index < -0.39 is 5.54 Å². The fraction of sp³-hybridized carbons (Fsp3) is 0.625. The van der Waals surface area contributed by atoms with E-state index in [1.807, 2.05) is 19.1 Å². The number of unbranched alkanes of at least 4 members (excludes halogenated alkanes) is 4. The molecule has 1 nitrogen and oxygen atoms in total. The van der Waals surface area contributed by atoms with Gasteiger partial charge in [0.05, 0.1) is 0 Å². The van der Waals surface area contributed by atoms with Gasteiger partial charge in [-0.25, -0.2) is 4.39 Å². The molecule has 0 spiro atoms. The van der Waals surface area contributed by atoms with Crippen molar-refractivity contribution in [2.45, 2.75) is 64.3 Å². The van der Waals surface area contributed by atoms with Crippen LogP contribution in [-0.4, -0.2) is 0 Å². The Bertz CT molecular complexity index is 351. The first-order valence-corrected chi connectivity index (χ1v) is 7.18. The van der Waals surface area contributed by atoms with E-state index >= 15 is 0 Å². The van der Waals surface area contributed by atoms with Crippen LogP contribution in [0.4, 0.5) is 4.39 Å². The lowest BCUT2D eigenvalue weighted by atomic mass is 9.83. The van der Waals surface area contributed by atoms with Crippen molar-refractivity contribution in [1.82, 2.24) is 0 Å². The van der Waals surface area contributed by atoms with Gasteiger partial charge in [0.1, 0.15) is 5.82 Å². The Morgan fingerprint density at radius 1 is 1.06 bits per heavy atom. The van der Waals surface area contributed by atoms with Gasteiger partial charge in [-0.2, -0.15) is 0 Å². The summed E-state index contributed by atoms with van der Waals surface area (Å²) in [6.45, 7) is 4.25. The molecular weight excluding hydrogens is 225 g/mol. The molecule has 1 unspecified atom stereocenters. The third-order valence-corrected chi connectivity index (χ3v) is 3.77. The molecule has 0 saturated carbocycles. The van der Waals surface area contributed by atoms with Crippen LogP contribution in [-0.2, 0) is 5.54 Å². The lowest BCUT2D eigenvalue weighted by Crippen LogP contribution is -2.36. The Labute approximate surface area is 111 Å². The lowest BCUT2D eigenvalue weighted by molar-refractivity contribution is 0.358. The molecule has 0 aliphatic heterocycles. The first-order valence-electron chi connectivity index (χ1n) is 7.18. The van der Waals surface area contributed by atoms with Crippen molar-refractivity contribution >= 4 is 0 Å². The third-order valence-electron chi connectivity index (χ3n) is 3.77. The topological polar surface area (TPSA) is 26.0 Å². The normalized spacial score (nSPS) is 14.4. The number of hydrogen-bond acceptors (Lipinski definition) is 1. The van der Waals surface area contributed by atoms with Crippen LogP contribution in [0.5, 0.6) is 0 Å². The fourth-order valence-electron chi connectivity index (χ4n) is 2.41. The SMILES string of the molecule is CCCCCCCC(N)(CC)c1ccccc1F. The van der Waals surface area contributed by atoms with E-state index in [-0.39, 0.29) is 5.82 Å². The van der Waals surface area contributed by atoms with Gasteiger partial charge < -0.3 is 5.73 Å². The Balaban J connectivity index is 2.60. The zero-order chi connectivity index (χ0) is 13.4. The van der Waals surface area contributed by atoms with E-state index in [0.29, 0.717) is 5.56 Å². The van der Waals surface area contributed by atoms with Crippen molar-refractivity contribution in [3.63, 3.8) is 0 Å². The molecule has 0 aliphatic rings. The minimum atomic E-state index is -0.502. The first kappa shape index (κ1) is 15.2. The summed E-state index contributed by atoms with van der Waals surface area (Å²) in [5.74, 6) is -0.171. The number of benzene rings is 1. The van der Waals surface area contributed by atoms with Gasteiger partial charge in [-0.05, 0) is 18.9 Å². The molecule has 0 radical (unpaired) electrons. The van der Waals surface area contributed by atoms with Gasteiger partial charge >= 0.3 is 0 Å². The average Bonchev–Trinajstić information content (AvgIpc) is 2.39. The highest BCUT2D eigenvalue weighted by Crippen LogP contribution is 2.30. The van der Waals surface area contributed by atoms with E-state index in [2.05, 4.69) is 6.92 Å². The van der Waals surface area contributed by atoms with Gasteiger partial charge in [0, 0.05) is 11.1 Å². The monoisotopic (exact) mass is 251 g/mol. The van der Waals surface area contributed by atoms with Gasteiger partial charge in [-0.15, -0.1) is 0 Å². The highest BCUT2D eigenvalue weighted by atomic mass is 19.1. The lowest BCUT2D eigenvalue weighted by Gasteiger charge is -2.29. The summed E-state index contributed by atoms with van der Waals surface area (Å²) in [7, 11) is 0. The van der Waals surface area contributed by atoms with E-state index in [1.54, 1.807) is 6.07 Å². The molecule has 0 aliphatic carbocycles. The van der Waals surface area contributed by atoms with Crippen LogP contribution >= 0.6 is 0 Å². The maximum absolute atomic E-state index is 13.8. The molecule has 0 bridgehead atoms. The summed E-state index contributed by atoms with van der Waals surface area (Å²) in [4.78, 5) is 0. The fourth-order valence-corrected chi connectivity index (χ4v) is 2.41. The quantitative estimate of drug-likeness (QED) is 0.663. The van der Waals surface area contributed by atoms with Gasteiger partial charge in [-0.1, -0.05) is 64.2 Å². The second-order valence-electron chi connectivity index (χ2n) is 5.15. The Morgan fingerprint density at radius 3 is 2.33 bits per heavy atom. The van der Waals surface area contributed by atoms with Crippen LogP contribution in [0.2, 0.25) is 0 Å². The predicted molar refractivity (Wildman–Crippen MR) is 75.9 cm³/mol. The van der Waals surface area contributed by atoms with Gasteiger partial charge in [0.25, 0.3) is 0 Å². The molecule has 2 N–H and O–H groups in total. The van der Waals surface area contributed by atoms with Gasteiger partial charge in [-0.3, -0.25) is 0 Å². The maximum Gasteiger partial charge on any atom is 0.128 e. The first-order chi connectivity index (χ1) is 8.64. The molecule has 0 heterocycles. The maximum atomic E-state index is 13.8. The minimum Gasteiger partial charge on any atom is -0.321 e. The van der Waals surface area contributed by atoms with Crippen LogP contribution in [0, 0.1) is 5.82 Å². The minimum absolute atomic E-state index is 0.171. The van der Waals surface area contributed by atoms with E-state index in [4.69, 9.17) is 5.73 Å². The zero-order valence-corrected chi connectivity index (χ0v) is 11.7. The molecule has 102 valence electrons. The van der Waals surface area contributed by atoms with E-state index in [0.717, 1.165) is 19.3 Å². The number of hydrogen-bond donors (Lipinski definition) is 1. The Morgan fingerprint density at radius 2 is 1.72 bits per heavy atom. The van der Waals surface area contributed by atoms with Crippen LogP contribution in [0.25, 0.3) is 0 Å². The van der Waals surface area contributed by atoms with Crippen molar-refractivity contribution in [1.29, 1.82) is 0 Å². The largest absolute Gasteiger partial charge is 0.321 e. The molecule has 0 amide bonds. The van der Waals surface area contributed by atoms with Crippen molar-refractivity contribution in [3.8, 4) is 0 Å². The van der Waals surface area contributed by atoms with Crippen LogP contribution in [0.1, 0.15) is 64.4 Å². The van der Waals surface area contributed by atoms with Gasteiger partial charge in [0.2, 0.25) is 0 Å². The summed E-state index contributed by atoms with van der Waals surface area (Å²) >= 11 is 0. The van der Waals surface area contributed by atoms with Gasteiger partial charge in [0.15, 0.2) is 0 Å². The van der Waals surface area contributed by atoms with Crippen LogP contribution in [0.15, 0.2) is 24.3 Å². The van der Waals surface area contributed by atoms with Crippen LogP contribution in [0.3, 0.4) is 0 Å². The predicted octanol–water partition coefficient (Wildman–Crippen LogP) is 4.75. The Kier molecular flexibility index (Phi) is 6.34. The number of rotatable bonds is 8. The van der Waals surface area contributed by atoms with Crippen molar-refractivity contribution in [2.75, 3.05) is 0 Å². The smallest absolute Gasteiger partial charge is 0.128 e. The third kappa shape index (κ3) is 4.09. The summed E-state index contributed by atoms with van der Waals surface area (Å²) in [6.07, 6.45) is 7.71. The molecule has 1 atom stereocenters. The molecule has 0 saturated heterocycles. The van der Waals surface area contributed by atoms with Crippen molar-refractivity contribution < 1.29 is 4.39 Å². The van der Waals surface area contributed by atoms with Crippen LogP contribution < -0.4 is 5.73 Å². The summed E-state index contributed by atoms with van der Waals surface area (Å²) in [5, 5.41) is 0. The molecule has 0 fully saturated rings. The standard InChI is InChI=1S/C16H26FN/c1-3-5-6-7-10-13-16(18,4-2)14-11-8-9-12-15(14)17/h8-9,11-12H,3-7,10,13,18H2,1-2H3.